The Labute approximate surface area is 186 Å². The van der Waals surface area contributed by atoms with Crippen molar-refractivity contribution in [1.82, 2.24) is 5.32 Å². The fourth-order valence-electron chi connectivity index (χ4n) is 3.50. The molecule has 0 amide bonds. The van der Waals surface area contributed by atoms with Crippen LogP contribution in [0.25, 0.3) is 11.1 Å². The molecule has 0 saturated carbocycles. The highest BCUT2D eigenvalue weighted by atomic mass is 35.5. The molecule has 0 bridgehead atoms. The van der Waals surface area contributed by atoms with Gasteiger partial charge >= 0.3 is 12.1 Å². The van der Waals surface area contributed by atoms with E-state index in [1.54, 1.807) is 0 Å². The maximum absolute atomic E-state index is 14.0. The van der Waals surface area contributed by atoms with Gasteiger partial charge in [0, 0.05) is 28.4 Å². The molecule has 3 rings (SSSR count). The molecule has 0 fully saturated rings. The van der Waals surface area contributed by atoms with Crippen LogP contribution in [-0.4, -0.2) is 28.0 Å². The predicted molar refractivity (Wildman–Crippen MR) is 113 cm³/mol. The van der Waals surface area contributed by atoms with Gasteiger partial charge < -0.3 is 15.5 Å². The molecular weight excluding hydrogens is 450 g/mol. The topological polar surface area (TPSA) is 69.6 Å². The first-order valence-electron chi connectivity index (χ1n) is 9.32. The molecule has 0 aliphatic carbocycles. The summed E-state index contributed by atoms with van der Waals surface area (Å²) in [5, 5.41) is 22.3. The Morgan fingerprint density at radius 1 is 1.12 bits per heavy atom. The second kappa shape index (κ2) is 8.44. The minimum atomic E-state index is -5.03. The molecule has 0 aromatic heterocycles. The van der Waals surface area contributed by atoms with Gasteiger partial charge in [-0.05, 0) is 41.0 Å². The number of rotatable bonds is 5. The maximum Gasteiger partial charge on any atom is 0.422 e. The molecule has 2 aromatic rings. The molecule has 1 aliphatic rings. The molecule has 2 aromatic carbocycles. The van der Waals surface area contributed by atoms with E-state index in [1.165, 1.54) is 37.3 Å². The van der Waals surface area contributed by atoms with E-state index >= 15 is 0 Å². The third-order valence-electron chi connectivity index (χ3n) is 5.38. The summed E-state index contributed by atoms with van der Waals surface area (Å²) in [4.78, 5) is 11.0. The van der Waals surface area contributed by atoms with Gasteiger partial charge in [-0.3, -0.25) is 0 Å². The lowest BCUT2D eigenvalue weighted by molar-refractivity contribution is -0.250. The number of carboxylic acid groups (broad SMARTS) is 1. The molecule has 32 heavy (non-hydrogen) atoms. The summed E-state index contributed by atoms with van der Waals surface area (Å²) in [5.41, 5.74) is -3.11. The van der Waals surface area contributed by atoms with Crippen LogP contribution in [0.15, 0.2) is 72.6 Å². The van der Waals surface area contributed by atoms with E-state index in [-0.39, 0.29) is 10.6 Å². The quantitative estimate of drug-likeness (QED) is 0.486. The summed E-state index contributed by atoms with van der Waals surface area (Å²) in [6.07, 6.45) is -1.53. The van der Waals surface area contributed by atoms with E-state index < -0.39 is 40.6 Å². The van der Waals surface area contributed by atoms with Crippen LogP contribution in [0.1, 0.15) is 28.8 Å². The molecule has 2 atom stereocenters. The van der Waals surface area contributed by atoms with Crippen molar-refractivity contribution in [2.24, 2.45) is 0 Å². The van der Waals surface area contributed by atoms with Crippen molar-refractivity contribution < 1.29 is 32.6 Å². The number of carbonyl (C=O) groups is 1. The first-order valence-corrected chi connectivity index (χ1v) is 9.70. The summed E-state index contributed by atoms with van der Waals surface area (Å²) in [7, 11) is 0. The standard InChI is InChI=1S/C23H18ClF4NO3/c1-12-3-6-16(11-29-12)22(32,23(26,27)28)13(2)17-7-4-14(9-19(17)24)15-5-8-18(21(30)31)20(25)10-15/h3-11,13,29,32H,1H2,2H3,(H,30,31)/t13-,22-/m0/s1. The van der Waals surface area contributed by atoms with Crippen LogP contribution in [0.3, 0.4) is 0 Å². The van der Waals surface area contributed by atoms with Crippen LogP contribution in [0, 0.1) is 5.82 Å². The van der Waals surface area contributed by atoms with Crippen molar-refractivity contribution >= 4 is 17.6 Å². The van der Waals surface area contributed by atoms with Crippen LogP contribution in [0.2, 0.25) is 5.02 Å². The Hall–Kier alpha value is -3.10. The fraction of sp³-hybridized carbons (Fsp3) is 0.174. The Balaban J connectivity index is 2.02. The molecule has 1 aliphatic heterocycles. The first kappa shape index (κ1) is 23.6. The minimum absolute atomic E-state index is 0.0246. The minimum Gasteiger partial charge on any atom is -0.478 e. The van der Waals surface area contributed by atoms with Gasteiger partial charge in [-0.2, -0.15) is 13.2 Å². The van der Waals surface area contributed by atoms with Crippen molar-refractivity contribution in [3.63, 3.8) is 0 Å². The smallest absolute Gasteiger partial charge is 0.422 e. The molecule has 1 heterocycles. The number of dihydropyridines is 1. The van der Waals surface area contributed by atoms with Gasteiger partial charge in [0.1, 0.15) is 5.82 Å². The molecule has 0 unspecified atom stereocenters. The van der Waals surface area contributed by atoms with E-state index in [4.69, 9.17) is 16.7 Å². The monoisotopic (exact) mass is 467 g/mol. The highest BCUT2D eigenvalue weighted by molar-refractivity contribution is 6.31. The highest BCUT2D eigenvalue weighted by Gasteiger charge is 2.59. The normalized spacial score (nSPS) is 16.7. The van der Waals surface area contributed by atoms with E-state index in [2.05, 4.69) is 11.9 Å². The Bertz CT molecular complexity index is 1160. The largest absolute Gasteiger partial charge is 0.478 e. The number of aromatic carboxylic acids is 1. The zero-order valence-electron chi connectivity index (χ0n) is 16.7. The summed E-state index contributed by atoms with van der Waals surface area (Å²) in [6.45, 7) is 4.79. The van der Waals surface area contributed by atoms with Crippen LogP contribution < -0.4 is 5.32 Å². The average Bonchev–Trinajstić information content (AvgIpc) is 2.72. The number of benzene rings is 2. The van der Waals surface area contributed by atoms with Crippen molar-refractivity contribution in [3.05, 3.63) is 94.6 Å². The molecule has 0 saturated heterocycles. The number of nitrogens with one attached hydrogen (secondary N) is 1. The molecule has 0 spiro atoms. The van der Waals surface area contributed by atoms with Crippen LogP contribution in [0.4, 0.5) is 17.6 Å². The third kappa shape index (κ3) is 4.16. The number of carboxylic acids is 1. The molecule has 4 nitrogen and oxygen atoms in total. The lowest BCUT2D eigenvalue weighted by Gasteiger charge is -2.38. The summed E-state index contributed by atoms with van der Waals surface area (Å²) >= 11 is 6.28. The summed E-state index contributed by atoms with van der Waals surface area (Å²) < 4.78 is 56.1. The number of hydrogen-bond donors (Lipinski definition) is 3. The van der Waals surface area contributed by atoms with Gasteiger partial charge in [-0.15, -0.1) is 0 Å². The Morgan fingerprint density at radius 3 is 2.25 bits per heavy atom. The maximum atomic E-state index is 14.0. The second-order valence-corrected chi connectivity index (χ2v) is 7.73. The van der Waals surface area contributed by atoms with Gasteiger partial charge in [-0.25, -0.2) is 9.18 Å². The number of allylic oxidation sites excluding steroid dienone is 1. The highest BCUT2D eigenvalue weighted by Crippen LogP contribution is 2.48. The third-order valence-corrected chi connectivity index (χ3v) is 5.70. The van der Waals surface area contributed by atoms with Gasteiger partial charge in [-0.1, -0.05) is 49.4 Å². The number of aliphatic hydroxyl groups is 1. The zero-order valence-corrected chi connectivity index (χ0v) is 17.4. The number of hydrogen-bond acceptors (Lipinski definition) is 3. The predicted octanol–water partition coefficient (Wildman–Crippen LogP) is 5.80. The van der Waals surface area contributed by atoms with E-state index in [1.807, 2.05) is 0 Å². The van der Waals surface area contributed by atoms with Crippen LogP contribution >= 0.6 is 11.6 Å². The van der Waals surface area contributed by atoms with Gasteiger partial charge in [0.25, 0.3) is 0 Å². The molecule has 0 radical (unpaired) electrons. The van der Waals surface area contributed by atoms with E-state index in [0.29, 0.717) is 16.8 Å². The summed E-state index contributed by atoms with van der Waals surface area (Å²) in [6, 6.07) is 7.54. The number of alkyl halides is 3. The average molecular weight is 468 g/mol. The van der Waals surface area contributed by atoms with Crippen molar-refractivity contribution in [3.8, 4) is 11.1 Å². The van der Waals surface area contributed by atoms with E-state index in [9.17, 15) is 27.5 Å². The van der Waals surface area contributed by atoms with Gasteiger partial charge in [0.15, 0.2) is 5.60 Å². The second-order valence-electron chi connectivity index (χ2n) is 7.32. The first-order chi connectivity index (χ1) is 14.9. The SMILES string of the molecule is C=C1C=CC([C@@](O)([C@@H](C)c2ccc(-c3ccc(C(=O)O)c(F)c3)cc2Cl)C(F)(F)F)=CN1. The zero-order chi connectivity index (χ0) is 23.8. The Kier molecular flexibility index (Phi) is 6.22. The van der Waals surface area contributed by atoms with Crippen LogP contribution in [-0.2, 0) is 0 Å². The Morgan fingerprint density at radius 2 is 1.75 bits per heavy atom. The molecule has 9 heteroatoms. The number of halogens is 5. The van der Waals surface area contributed by atoms with Crippen molar-refractivity contribution in [2.45, 2.75) is 24.6 Å². The molecule has 3 N–H and O–H groups in total. The van der Waals surface area contributed by atoms with Crippen LogP contribution in [0.5, 0.6) is 0 Å². The fourth-order valence-corrected chi connectivity index (χ4v) is 3.85. The van der Waals surface area contributed by atoms with Crippen molar-refractivity contribution in [1.29, 1.82) is 0 Å². The molecule has 168 valence electrons. The van der Waals surface area contributed by atoms with Gasteiger partial charge in [0.2, 0.25) is 0 Å². The van der Waals surface area contributed by atoms with Crippen molar-refractivity contribution in [2.75, 3.05) is 0 Å². The lowest BCUT2D eigenvalue weighted by Crippen LogP contribution is -2.51. The lowest BCUT2D eigenvalue weighted by atomic mass is 9.76. The van der Waals surface area contributed by atoms with E-state index in [0.717, 1.165) is 24.4 Å². The summed E-state index contributed by atoms with van der Waals surface area (Å²) in [5.74, 6) is -3.88. The molecular formula is C23H18ClF4NO3. The van der Waals surface area contributed by atoms with Gasteiger partial charge in [0.05, 0.1) is 5.56 Å².